The van der Waals surface area contributed by atoms with Crippen molar-refractivity contribution in [1.29, 1.82) is 0 Å². The lowest BCUT2D eigenvalue weighted by atomic mass is 10.0. The van der Waals surface area contributed by atoms with Crippen LogP contribution < -0.4 is 0 Å². The Morgan fingerprint density at radius 1 is 1.12 bits per heavy atom. The first-order valence-electron chi connectivity index (χ1n) is 4.13. The minimum Gasteiger partial charge on any atom is -0.394 e. The lowest BCUT2D eigenvalue weighted by Gasteiger charge is -2.34. The Kier molecular flexibility index (Phi) is 6.28. The zero-order valence-corrected chi connectivity index (χ0v) is 8.86. The van der Waals surface area contributed by atoms with Gasteiger partial charge in [-0.25, -0.2) is 0 Å². The molecule has 1 aliphatic heterocycles. The van der Waals surface area contributed by atoms with Crippen LogP contribution in [0.4, 0.5) is 0 Å². The van der Waals surface area contributed by atoms with Crippen LogP contribution in [0.5, 0.6) is 0 Å². The van der Waals surface area contributed by atoms with E-state index in [1.165, 1.54) is 0 Å². The van der Waals surface area contributed by atoms with Crippen LogP contribution in [0.2, 0.25) is 0 Å². The van der Waals surface area contributed by atoms with Crippen molar-refractivity contribution in [3.63, 3.8) is 0 Å². The molecule has 1 saturated heterocycles. The van der Waals surface area contributed by atoms with E-state index in [1.54, 1.807) is 0 Å². The predicted octanol–water partition coefficient (Wildman–Crippen LogP) is -3.19. The van der Waals surface area contributed by atoms with E-state index in [4.69, 9.17) is 42.7 Å². The van der Waals surface area contributed by atoms with Crippen molar-refractivity contribution in [2.45, 2.75) is 24.4 Å². The summed E-state index contributed by atoms with van der Waals surface area (Å²) in [5, 5.41) is 35.7. The Bertz CT molecular complexity index is 278. The SMILES string of the molecule is O=S(=O)(O)O.OC[C@H]1OC[C@H](O)[C@@H](O)[C@H]1O. The van der Waals surface area contributed by atoms with Gasteiger partial charge in [0.2, 0.25) is 0 Å². The zero-order valence-electron chi connectivity index (χ0n) is 8.04. The van der Waals surface area contributed by atoms with Gasteiger partial charge in [-0.05, 0) is 0 Å². The molecule has 0 aromatic heterocycles. The van der Waals surface area contributed by atoms with Gasteiger partial charge in [0.15, 0.2) is 0 Å². The van der Waals surface area contributed by atoms with Crippen LogP contribution >= 0.6 is 0 Å². The third-order valence-electron chi connectivity index (χ3n) is 1.79. The van der Waals surface area contributed by atoms with Gasteiger partial charge in [-0.2, -0.15) is 8.42 Å². The molecule has 98 valence electrons. The number of rotatable bonds is 1. The lowest BCUT2D eigenvalue weighted by Crippen LogP contribution is -2.53. The highest BCUT2D eigenvalue weighted by molar-refractivity contribution is 7.79. The quantitative estimate of drug-likeness (QED) is 0.267. The monoisotopic (exact) mass is 262 g/mol. The van der Waals surface area contributed by atoms with Crippen molar-refractivity contribution in [3.8, 4) is 0 Å². The second-order valence-corrected chi connectivity index (χ2v) is 3.95. The van der Waals surface area contributed by atoms with E-state index in [0.717, 1.165) is 0 Å². The molecule has 1 heterocycles. The number of hydrogen-bond acceptors (Lipinski definition) is 7. The summed E-state index contributed by atoms with van der Waals surface area (Å²) in [6, 6.07) is 0. The third-order valence-corrected chi connectivity index (χ3v) is 1.79. The highest BCUT2D eigenvalue weighted by Gasteiger charge is 2.36. The molecule has 0 spiro atoms. The minimum absolute atomic E-state index is 0.0521. The molecule has 0 radical (unpaired) electrons. The topological polar surface area (TPSA) is 165 Å². The van der Waals surface area contributed by atoms with E-state index >= 15 is 0 Å². The maximum atomic E-state index is 9.11. The molecule has 0 aromatic rings. The van der Waals surface area contributed by atoms with E-state index in [-0.39, 0.29) is 13.2 Å². The summed E-state index contributed by atoms with van der Waals surface area (Å²) in [5.74, 6) is 0. The Hall–Kier alpha value is -0.330. The minimum atomic E-state index is -4.67. The molecule has 6 N–H and O–H groups in total. The maximum absolute atomic E-state index is 9.11. The van der Waals surface area contributed by atoms with Gasteiger partial charge in [0.05, 0.1) is 13.2 Å². The highest BCUT2D eigenvalue weighted by atomic mass is 32.3. The molecule has 1 fully saturated rings. The van der Waals surface area contributed by atoms with Crippen LogP contribution in [-0.2, 0) is 15.1 Å². The average molecular weight is 262 g/mol. The van der Waals surface area contributed by atoms with Crippen LogP contribution in [0.3, 0.4) is 0 Å². The zero-order chi connectivity index (χ0) is 12.9. The van der Waals surface area contributed by atoms with Gasteiger partial charge in [0, 0.05) is 0 Å². The maximum Gasteiger partial charge on any atom is 0.394 e. The molecule has 0 aromatic carbocycles. The molecule has 4 atom stereocenters. The van der Waals surface area contributed by atoms with Crippen molar-refractivity contribution in [2.75, 3.05) is 13.2 Å². The molecule has 0 unspecified atom stereocenters. The van der Waals surface area contributed by atoms with Crippen LogP contribution in [0, 0.1) is 0 Å². The summed E-state index contributed by atoms with van der Waals surface area (Å²) in [6.07, 6.45) is -4.27. The molecule has 1 rings (SSSR count). The number of hydrogen-bond donors (Lipinski definition) is 6. The molecule has 10 heteroatoms. The summed E-state index contributed by atoms with van der Waals surface area (Å²) in [7, 11) is -4.67. The largest absolute Gasteiger partial charge is 0.394 e. The van der Waals surface area contributed by atoms with Gasteiger partial charge in [-0.15, -0.1) is 0 Å². The third kappa shape index (κ3) is 6.30. The molecular weight excluding hydrogens is 248 g/mol. The average Bonchev–Trinajstić information content (AvgIpc) is 2.12. The van der Waals surface area contributed by atoms with Crippen molar-refractivity contribution < 1.29 is 42.7 Å². The van der Waals surface area contributed by atoms with Gasteiger partial charge < -0.3 is 25.2 Å². The number of ether oxygens (including phenoxy) is 1. The Morgan fingerprint density at radius 3 is 1.94 bits per heavy atom. The smallest absolute Gasteiger partial charge is 0.394 e. The van der Waals surface area contributed by atoms with Crippen molar-refractivity contribution in [3.05, 3.63) is 0 Å². The molecule has 16 heavy (non-hydrogen) atoms. The van der Waals surface area contributed by atoms with Gasteiger partial charge >= 0.3 is 10.4 Å². The standard InChI is InChI=1S/C6H12O5.H2O4S/c7-1-4-6(10)5(9)3(8)2-11-4;1-5(2,3)4/h3-10H,1-2H2;(H2,1,2,3,4)/t3-,4+,5+,6-;/m0./s1. The Labute approximate surface area is 91.5 Å². The summed E-state index contributed by atoms with van der Waals surface area (Å²) >= 11 is 0. The lowest BCUT2D eigenvalue weighted by molar-refractivity contribution is -0.195. The first-order valence-corrected chi connectivity index (χ1v) is 5.53. The second kappa shape index (κ2) is 6.42. The molecule has 0 amide bonds. The molecule has 1 aliphatic rings. The molecule has 0 bridgehead atoms. The number of aliphatic hydroxyl groups is 4. The van der Waals surface area contributed by atoms with E-state index < -0.39 is 34.8 Å². The summed E-state index contributed by atoms with van der Waals surface area (Å²) in [4.78, 5) is 0. The Balaban J connectivity index is 0.000000385. The van der Waals surface area contributed by atoms with Crippen LogP contribution in [0.15, 0.2) is 0 Å². The second-order valence-electron chi connectivity index (χ2n) is 3.05. The fourth-order valence-electron chi connectivity index (χ4n) is 1.03. The predicted molar refractivity (Wildman–Crippen MR) is 49.0 cm³/mol. The summed E-state index contributed by atoms with van der Waals surface area (Å²) < 4.78 is 36.4. The van der Waals surface area contributed by atoms with E-state index in [1.807, 2.05) is 0 Å². The molecule has 0 saturated carbocycles. The highest BCUT2D eigenvalue weighted by Crippen LogP contribution is 2.14. The normalized spacial score (nSPS) is 35.1. The van der Waals surface area contributed by atoms with E-state index in [9.17, 15) is 0 Å². The van der Waals surface area contributed by atoms with Gasteiger partial charge in [0.1, 0.15) is 24.4 Å². The van der Waals surface area contributed by atoms with Crippen molar-refractivity contribution in [1.82, 2.24) is 0 Å². The first kappa shape index (κ1) is 15.7. The first-order chi connectivity index (χ1) is 7.16. The van der Waals surface area contributed by atoms with Gasteiger partial charge in [-0.1, -0.05) is 0 Å². The van der Waals surface area contributed by atoms with Crippen molar-refractivity contribution in [2.24, 2.45) is 0 Å². The van der Waals surface area contributed by atoms with Crippen molar-refractivity contribution >= 4 is 10.4 Å². The Morgan fingerprint density at radius 2 is 1.56 bits per heavy atom. The van der Waals surface area contributed by atoms with Crippen LogP contribution in [0.25, 0.3) is 0 Å². The van der Waals surface area contributed by atoms with Gasteiger partial charge in [0.25, 0.3) is 0 Å². The summed E-state index contributed by atoms with van der Waals surface area (Å²) in [5.41, 5.74) is 0. The van der Waals surface area contributed by atoms with Crippen LogP contribution in [0.1, 0.15) is 0 Å². The van der Waals surface area contributed by atoms with Gasteiger partial charge in [-0.3, -0.25) is 9.11 Å². The van der Waals surface area contributed by atoms with Crippen LogP contribution in [-0.4, -0.2) is 75.6 Å². The fourth-order valence-corrected chi connectivity index (χ4v) is 1.03. The molecular formula is C6H14O9S. The molecule has 0 aliphatic carbocycles. The van der Waals surface area contributed by atoms with E-state index in [0.29, 0.717) is 0 Å². The number of aliphatic hydroxyl groups excluding tert-OH is 4. The summed E-state index contributed by atoms with van der Waals surface area (Å²) in [6.45, 7) is -0.408. The van der Waals surface area contributed by atoms with E-state index in [2.05, 4.69) is 0 Å². The fraction of sp³-hybridized carbons (Fsp3) is 1.00. The molecule has 9 nitrogen and oxygen atoms in total.